The van der Waals surface area contributed by atoms with Gasteiger partial charge in [0.05, 0.1) is 11.2 Å². The zero-order valence-corrected chi connectivity index (χ0v) is 15.1. The molecule has 0 radical (unpaired) electrons. The molecule has 0 aliphatic carbocycles. The van der Waals surface area contributed by atoms with E-state index in [1.165, 1.54) is 6.07 Å². The molecule has 3 rings (SSSR count). The van der Waals surface area contributed by atoms with E-state index >= 15 is 0 Å². The van der Waals surface area contributed by atoms with Crippen LogP contribution in [-0.2, 0) is 6.42 Å². The van der Waals surface area contributed by atoms with Gasteiger partial charge in [0.2, 0.25) is 0 Å². The third-order valence-corrected chi connectivity index (χ3v) is 3.83. The van der Waals surface area contributed by atoms with Gasteiger partial charge < -0.3 is 5.73 Å². The summed E-state index contributed by atoms with van der Waals surface area (Å²) in [4.78, 5) is 4.35. The van der Waals surface area contributed by atoms with Crippen LogP contribution >= 0.6 is 0 Å². The number of nitrogens with two attached hydrogens (primary N) is 1. The van der Waals surface area contributed by atoms with Crippen LogP contribution in [0.2, 0.25) is 0 Å². The maximum atomic E-state index is 13.3. The third-order valence-electron chi connectivity index (χ3n) is 3.83. The predicted octanol–water partition coefficient (Wildman–Crippen LogP) is 5.79. The lowest BCUT2D eigenvalue weighted by atomic mass is 10.0. The Bertz CT molecular complexity index is 869. The van der Waals surface area contributed by atoms with Crippen LogP contribution in [-0.4, -0.2) is 4.98 Å². The highest BCUT2D eigenvalue weighted by Crippen LogP contribution is 2.18. The Hall–Kier alpha value is -2.68. The number of nitrogens with zero attached hydrogens (tertiary/aromatic N) is 1. The van der Waals surface area contributed by atoms with Gasteiger partial charge in [-0.15, -0.1) is 0 Å². The van der Waals surface area contributed by atoms with Gasteiger partial charge in [0.25, 0.3) is 0 Å². The summed E-state index contributed by atoms with van der Waals surface area (Å²) in [7, 11) is 0. The molecular weight excluding hydrogens is 311 g/mol. The van der Waals surface area contributed by atoms with Crippen molar-refractivity contribution in [1.82, 2.24) is 4.98 Å². The lowest BCUT2D eigenvalue weighted by molar-refractivity contribution is 0.574. The smallest absolute Gasteiger partial charge is 0.127 e. The Morgan fingerprint density at radius 2 is 1.92 bits per heavy atom. The fourth-order valence-corrected chi connectivity index (χ4v) is 2.56. The topological polar surface area (TPSA) is 38.9 Å². The van der Waals surface area contributed by atoms with Crippen LogP contribution in [0, 0.1) is 18.7 Å². The molecule has 2 aromatic carbocycles. The van der Waals surface area contributed by atoms with Crippen molar-refractivity contribution in [2.24, 2.45) is 5.92 Å². The zero-order chi connectivity index (χ0) is 18.4. The lowest BCUT2D eigenvalue weighted by Crippen LogP contribution is -1.97. The Morgan fingerprint density at radius 1 is 1.16 bits per heavy atom. The highest BCUT2D eigenvalue weighted by molar-refractivity contribution is 5.89. The first kappa shape index (κ1) is 18.7. The summed E-state index contributed by atoms with van der Waals surface area (Å²) in [5.41, 5.74) is 10.0. The Morgan fingerprint density at radius 3 is 2.56 bits per heavy atom. The molecule has 1 heterocycles. The van der Waals surface area contributed by atoms with Crippen molar-refractivity contribution in [2.45, 2.75) is 27.2 Å². The molecule has 3 heteroatoms. The minimum Gasteiger partial charge on any atom is -0.397 e. The normalized spacial score (nSPS) is 10.4. The largest absolute Gasteiger partial charge is 0.397 e. The molecule has 1 aromatic heterocycles. The SMILES string of the molecule is C=Cc1ccc(CC(C)C)c(F)c1.Cc1ccc2cccc(N)c2n1. The van der Waals surface area contributed by atoms with E-state index < -0.39 is 0 Å². The van der Waals surface area contributed by atoms with Crippen molar-refractivity contribution >= 4 is 22.7 Å². The summed E-state index contributed by atoms with van der Waals surface area (Å²) < 4.78 is 13.3. The summed E-state index contributed by atoms with van der Waals surface area (Å²) in [6.45, 7) is 9.73. The second kappa shape index (κ2) is 8.43. The summed E-state index contributed by atoms with van der Waals surface area (Å²) >= 11 is 0. The monoisotopic (exact) mass is 336 g/mol. The molecule has 0 amide bonds. The number of hydrogen-bond donors (Lipinski definition) is 1. The van der Waals surface area contributed by atoms with Crippen LogP contribution in [0.5, 0.6) is 0 Å². The number of aryl methyl sites for hydroxylation is 1. The van der Waals surface area contributed by atoms with Gasteiger partial charge in [-0.05, 0) is 48.6 Å². The summed E-state index contributed by atoms with van der Waals surface area (Å²) in [6.07, 6.45) is 2.45. The van der Waals surface area contributed by atoms with Gasteiger partial charge in [-0.3, -0.25) is 4.98 Å². The number of nitrogen functional groups attached to an aromatic ring is 1. The molecule has 0 bridgehead atoms. The van der Waals surface area contributed by atoms with E-state index in [1.807, 2.05) is 49.4 Å². The van der Waals surface area contributed by atoms with Crippen LogP contribution in [0.15, 0.2) is 55.1 Å². The summed E-state index contributed by atoms with van der Waals surface area (Å²) in [5.74, 6) is 0.371. The molecular formula is C22H25FN2. The molecule has 130 valence electrons. The molecule has 25 heavy (non-hydrogen) atoms. The van der Waals surface area contributed by atoms with Crippen molar-refractivity contribution in [3.05, 3.63) is 77.7 Å². The van der Waals surface area contributed by atoms with Crippen molar-refractivity contribution < 1.29 is 4.39 Å². The van der Waals surface area contributed by atoms with Gasteiger partial charge >= 0.3 is 0 Å². The minimum atomic E-state index is -0.119. The van der Waals surface area contributed by atoms with Crippen molar-refractivity contribution in [1.29, 1.82) is 0 Å². The van der Waals surface area contributed by atoms with Gasteiger partial charge in [0.15, 0.2) is 0 Å². The predicted molar refractivity (Wildman–Crippen MR) is 106 cm³/mol. The van der Waals surface area contributed by atoms with Gasteiger partial charge in [0.1, 0.15) is 5.82 Å². The lowest BCUT2D eigenvalue weighted by Gasteiger charge is -2.06. The van der Waals surface area contributed by atoms with Crippen molar-refractivity contribution in [2.75, 3.05) is 5.73 Å². The molecule has 2 N–H and O–H groups in total. The first-order valence-corrected chi connectivity index (χ1v) is 8.43. The first-order chi connectivity index (χ1) is 11.9. The number of pyridine rings is 1. The molecule has 0 aliphatic rings. The van der Waals surface area contributed by atoms with E-state index in [0.717, 1.165) is 39.8 Å². The number of rotatable bonds is 3. The van der Waals surface area contributed by atoms with E-state index in [2.05, 4.69) is 25.4 Å². The number of aromatic nitrogens is 1. The number of anilines is 1. The minimum absolute atomic E-state index is 0.119. The van der Waals surface area contributed by atoms with Gasteiger partial charge in [-0.25, -0.2) is 4.39 Å². The third kappa shape index (κ3) is 5.15. The van der Waals surface area contributed by atoms with Crippen molar-refractivity contribution in [3.8, 4) is 0 Å². The maximum Gasteiger partial charge on any atom is 0.127 e. The second-order valence-electron chi connectivity index (χ2n) is 6.52. The zero-order valence-electron chi connectivity index (χ0n) is 15.1. The van der Waals surface area contributed by atoms with Gasteiger partial charge in [-0.2, -0.15) is 0 Å². The summed E-state index contributed by atoms with van der Waals surface area (Å²) in [6, 6.07) is 15.1. The number of para-hydroxylation sites is 1. The molecule has 0 spiro atoms. The van der Waals surface area contributed by atoms with Gasteiger partial charge in [0, 0.05) is 11.1 Å². The number of benzene rings is 2. The fraction of sp³-hybridized carbons (Fsp3) is 0.227. The molecule has 0 fully saturated rings. The quantitative estimate of drug-likeness (QED) is 0.615. The van der Waals surface area contributed by atoms with Crippen LogP contribution in [0.4, 0.5) is 10.1 Å². The fourth-order valence-electron chi connectivity index (χ4n) is 2.56. The van der Waals surface area contributed by atoms with E-state index in [9.17, 15) is 4.39 Å². The van der Waals surface area contributed by atoms with Crippen LogP contribution in [0.25, 0.3) is 17.0 Å². The number of halogens is 1. The van der Waals surface area contributed by atoms with E-state index in [1.54, 1.807) is 6.08 Å². The average Bonchev–Trinajstić information content (AvgIpc) is 2.58. The molecule has 0 aliphatic heterocycles. The Balaban J connectivity index is 0.000000181. The van der Waals surface area contributed by atoms with E-state index in [-0.39, 0.29) is 5.82 Å². The van der Waals surface area contributed by atoms with Crippen LogP contribution < -0.4 is 5.73 Å². The summed E-state index contributed by atoms with van der Waals surface area (Å²) in [5, 5.41) is 1.10. The molecule has 0 atom stereocenters. The number of fused-ring (bicyclic) bond motifs is 1. The van der Waals surface area contributed by atoms with E-state index in [0.29, 0.717) is 5.92 Å². The van der Waals surface area contributed by atoms with E-state index in [4.69, 9.17) is 5.73 Å². The number of hydrogen-bond acceptors (Lipinski definition) is 2. The van der Waals surface area contributed by atoms with Crippen LogP contribution in [0.3, 0.4) is 0 Å². The molecule has 0 saturated heterocycles. The molecule has 2 nitrogen and oxygen atoms in total. The Kier molecular flexibility index (Phi) is 6.29. The van der Waals surface area contributed by atoms with Crippen LogP contribution in [0.1, 0.15) is 30.7 Å². The standard InChI is InChI=1S/C12H15F.C10H10N2/c1-4-10-5-6-11(7-9(2)3)12(13)8-10;1-7-5-6-8-3-2-4-9(11)10(8)12-7/h4-6,8-9H,1,7H2,2-3H3;2-6H,11H2,1H3. The highest BCUT2D eigenvalue weighted by Gasteiger charge is 2.04. The maximum absolute atomic E-state index is 13.3. The van der Waals surface area contributed by atoms with Crippen molar-refractivity contribution in [3.63, 3.8) is 0 Å². The Labute approximate surface area is 149 Å². The molecule has 3 aromatic rings. The second-order valence-corrected chi connectivity index (χ2v) is 6.52. The highest BCUT2D eigenvalue weighted by atomic mass is 19.1. The first-order valence-electron chi connectivity index (χ1n) is 8.43. The average molecular weight is 336 g/mol. The molecule has 0 saturated carbocycles. The molecule has 0 unspecified atom stereocenters. The van der Waals surface area contributed by atoms with Gasteiger partial charge in [-0.1, -0.05) is 56.8 Å².